The number of aromatic nitrogens is 2. The Balaban J connectivity index is 3.32. The molecule has 1 heterocycles. The number of sulfone groups is 1. The molecular weight excluding hydrogens is 192 g/mol. The van der Waals surface area contributed by atoms with E-state index >= 15 is 0 Å². The topological polar surface area (TPSA) is 72.2 Å². The van der Waals surface area contributed by atoms with Gasteiger partial charge in [-0.1, -0.05) is 0 Å². The van der Waals surface area contributed by atoms with Gasteiger partial charge in [0.25, 0.3) is 0 Å². The Labute approximate surface area is 76.9 Å². The van der Waals surface area contributed by atoms with Gasteiger partial charge in [-0.3, -0.25) is 0 Å². The van der Waals surface area contributed by atoms with E-state index in [1.807, 2.05) is 0 Å². The number of aliphatic hydroxyl groups excluding tert-OH is 1. The summed E-state index contributed by atoms with van der Waals surface area (Å²) >= 11 is 0. The normalized spacial score (nSPS) is 11.9. The summed E-state index contributed by atoms with van der Waals surface area (Å²) in [7, 11) is -3.29. The highest BCUT2D eigenvalue weighted by Gasteiger charge is 2.16. The van der Waals surface area contributed by atoms with Crippen molar-refractivity contribution in [2.45, 2.75) is 25.2 Å². The summed E-state index contributed by atoms with van der Waals surface area (Å²) in [5.41, 5.74) is 0.517. The highest BCUT2D eigenvalue weighted by molar-refractivity contribution is 7.90. The van der Waals surface area contributed by atoms with Gasteiger partial charge in [0.2, 0.25) is 15.0 Å². The van der Waals surface area contributed by atoms with Crippen molar-refractivity contribution < 1.29 is 13.5 Å². The van der Waals surface area contributed by atoms with E-state index in [4.69, 9.17) is 5.11 Å². The van der Waals surface area contributed by atoms with Gasteiger partial charge in [0, 0.05) is 12.8 Å². The van der Waals surface area contributed by atoms with Gasteiger partial charge in [0.15, 0.2) is 0 Å². The third-order valence-corrected chi connectivity index (χ3v) is 2.70. The minimum absolute atomic E-state index is 0.0130. The second-order valence-corrected chi connectivity index (χ2v) is 4.62. The minimum atomic E-state index is -3.29. The van der Waals surface area contributed by atoms with Crippen molar-refractivity contribution in [2.24, 2.45) is 0 Å². The predicted octanol–water partition coefficient (Wildman–Crippen LogP) is -0.201. The number of nitrogens with zero attached hydrogens (tertiary/aromatic N) is 2. The zero-order valence-electron chi connectivity index (χ0n) is 7.56. The van der Waals surface area contributed by atoms with Crippen LogP contribution >= 0.6 is 0 Å². The van der Waals surface area contributed by atoms with Crippen molar-refractivity contribution >= 4 is 9.84 Å². The molecular formula is C7H12N2O3S. The van der Waals surface area contributed by atoms with Crippen molar-refractivity contribution in [3.8, 4) is 0 Å². The van der Waals surface area contributed by atoms with E-state index in [9.17, 15) is 8.42 Å². The molecule has 0 saturated carbocycles. The van der Waals surface area contributed by atoms with Gasteiger partial charge in [-0.25, -0.2) is 13.4 Å². The Kier molecular flexibility index (Phi) is 2.72. The molecule has 5 nitrogen and oxygen atoms in total. The zero-order valence-corrected chi connectivity index (χ0v) is 8.37. The fourth-order valence-corrected chi connectivity index (χ4v) is 2.04. The summed E-state index contributed by atoms with van der Waals surface area (Å²) in [6, 6.07) is 0. The number of rotatable bonds is 3. The first-order valence-electron chi connectivity index (χ1n) is 3.86. The second kappa shape index (κ2) is 3.47. The third kappa shape index (κ3) is 1.89. The molecule has 0 radical (unpaired) electrons. The molecule has 0 spiro atoms. The van der Waals surface area contributed by atoms with Crippen molar-refractivity contribution in [1.82, 2.24) is 9.55 Å². The third-order valence-electron chi connectivity index (χ3n) is 1.71. The van der Waals surface area contributed by atoms with Crippen LogP contribution in [-0.2, 0) is 23.0 Å². The molecule has 0 aliphatic carbocycles. The lowest BCUT2D eigenvalue weighted by molar-refractivity contribution is 0.269. The smallest absolute Gasteiger partial charge is 0.227 e. The maximum atomic E-state index is 11.2. The molecule has 1 aromatic heterocycles. The van der Waals surface area contributed by atoms with Crippen LogP contribution in [0.25, 0.3) is 0 Å². The van der Waals surface area contributed by atoms with E-state index in [0.717, 1.165) is 6.26 Å². The second-order valence-electron chi connectivity index (χ2n) is 2.71. The standard InChI is InChI=1S/C7H12N2O3S/c1-3-9-6(5-10)4-8-7(9)13(2,11)12/h4,10H,3,5H2,1-2H3. The lowest BCUT2D eigenvalue weighted by atomic mass is 10.5. The number of aliphatic hydroxyl groups is 1. The lowest BCUT2D eigenvalue weighted by Crippen LogP contribution is -2.10. The molecule has 1 N–H and O–H groups in total. The van der Waals surface area contributed by atoms with Crippen molar-refractivity contribution in [2.75, 3.05) is 6.26 Å². The molecule has 0 unspecified atom stereocenters. The van der Waals surface area contributed by atoms with Crippen LogP contribution < -0.4 is 0 Å². The molecule has 0 aliphatic rings. The summed E-state index contributed by atoms with van der Waals surface area (Å²) in [5, 5.41) is 8.89. The molecule has 6 heteroatoms. The first-order chi connectivity index (χ1) is 6.00. The largest absolute Gasteiger partial charge is 0.390 e. The Morgan fingerprint density at radius 1 is 1.62 bits per heavy atom. The Morgan fingerprint density at radius 2 is 2.23 bits per heavy atom. The first-order valence-corrected chi connectivity index (χ1v) is 5.75. The average molecular weight is 204 g/mol. The first kappa shape index (κ1) is 10.2. The van der Waals surface area contributed by atoms with Crippen LogP contribution in [0, 0.1) is 0 Å². The number of hydrogen-bond acceptors (Lipinski definition) is 4. The number of imidazole rings is 1. The molecule has 13 heavy (non-hydrogen) atoms. The highest BCUT2D eigenvalue weighted by atomic mass is 32.2. The molecule has 0 aliphatic heterocycles. The van der Waals surface area contributed by atoms with Crippen LogP contribution in [0.3, 0.4) is 0 Å². The molecule has 0 fully saturated rings. The van der Waals surface area contributed by atoms with Gasteiger partial charge in [-0.2, -0.15) is 0 Å². The van der Waals surface area contributed by atoms with Crippen LogP contribution in [0.15, 0.2) is 11.4 Å². The van der Waals surface area contributed by atoms with Gasteiger partial charge in [0.05, 0.1) is 18.5 Å². The fraction of sp³-hybridized carbons (Fsp3) is 0.571. The summed E-state index contributed by atoms with van der Waals surface area (Å²) in [5.74, 6) is 0. The summed E-state index contributed by atoms with van der Waals surface area (Å²) in [6.45, 7) is 2.09. The van der Waals surface area contributed by atoms with Gasteiger partial charge >= 0.3 is 0 Å². The Morgan fingerprint density at radius 3 is 2.62 bits per heavy atom. The molecule has 74 valence electrons. The maximum Gasteiger partial charge on any atom is 0.227 e. The Hall–Kier alpha value is -0.880. The predicted molar refractivity (Wildman–Crippen MR) is 46.9 cm³/mol. The minimum Gasteiger partial charge on any atom is -0.390 e. The quantitative estimate of drug-likeness (QED) is 0.740. The molecule has 1 aromatic rings. The van der Waals surface area contributed by atoms with Crippen LogP contribution in [0.5, 0.6) is 0 Å². The van der Waals surface area contributed by atoms with Crippen molar-refractivity contribution in [3.05, 3.63) is 11.9 Å². The van der Waals surface area contributed by atoms with Gasteiger partial charge in [0.1, 0.15) is 0 Å². The molecule has 0 bridgehead atoms. The van der Waals surface area contributed by atoms with Crippen molar-refractivity contribution in [1.29, 1.82) is 0 Å². The number of hydrogen-bond donors (Lipinski definition) is 1. The van der Waals surface area contributed by atoms with Gasteiger partial charge < -0.3 is 9.67 Å². The van der Waals surface area contributed by atoms with E-state index < -0.39 is 9.84 Å². The van der Waals surface area contributed by atoms with E-state index in [-0.39, 0.29) is 11.8 Å². The monoisotopic (exact) mass is 204 g/mol. The molecule has 1 rings (SSSR count). The Bertz CT molecular complexity index is 394. The summed E-state index contributed by atoms with van der Waals surface area (Å²) in [6.07, 6.45) is 2.47. The highest BCUT2D eigenvalue weighted by Crippen LogP contribution is 2.10. The van der Waals surface area contributed by atoms with Gasteiger partial charge in [-0.05, 0) is 6.92 Å². The molecule has 0 amide bonds. The van der Waals surface area contributed by atoms with Crippen molar-refractivity contribution in [3.63, 3.8) is 0 Å². The average Bonchev–Trinajstić information content (AvgIpc) is 2.45. The van der Waals surface area contributed by atoms with E-state index in [1.54, 1.807) is 6.92 Å². The van der Waals surface area contributed by atoms with E-state index in [2.05, 4.69) is 4.98 Å². The van der Waals surface area contributed by atoms with Crippen LogP contribution in [0.1, 0.15) is 12.6 Å². The molecule has 0 saturated heterocycles. The van der Waals surface area contributed by atoms with Crippen LogP contribution in [0.4, 0.5) is 0 Å². The summed E-state index contributed by atoms with van der Waals surface area (Å²) < 4.78 is 23.8. The van der Waals surface area contributed by atoms with Crippen LogP contribution in [-0.4, -0.2) is 29.3 Å². The van der Waals surface area contributed by atoms with E-state index in [0.29, 0.717) is 12.2 Å². The molecule has 0 aromatic carbocycles. The maximum absolute atomic E-state index is 11.2. The van der Waals surface area contributed by atoms with Gasteiger partial charge in [-0.15, -0.1) is 0 Å². The summed E-state index contributed by atoms with van der Waals surface area (Å²) in [4.78, 5) is 3.74. The van der Waals surface area contributed by atoms with E-state index in [1.165, 1.54) is 10.8 Å². The molecule has 0 atom stereocenters. The SMILES string of the molecule is CCn1c(CO)cnc1S(C)(=O)=O. The fourth-order valence-electron chi connectivity index (χ4n) is 1.15. The zero-order chi connectivity index (χ0) is 10.1. The lowest BCUT2D eigenvalue weighted by Gasteiger charge is -2.05. The van der Waals surface area contributed by atoms with Crippen LogP contribution in [0.2, 0.25) is 0 Å².